The van der Waals surface area contributed by atoms with Gasteiger partial charge < -0.3 is 14.2 Å². The van der Waals surface area contributed by atoms with Gasteiger partial charge in [-0.3, -0.25) is 4.79 Å². The van der Waals surface area contributed by atoms with Crippen molar-refractivity contribution in [2.45, 2.75) is 51.6 Å². The van der Waals surface area contributed by atoms with Crippen molar-refractivity contribution in [1.29, 1.82) is 0 Å². The number of rotatable bonds is 7. The summed E-state index contributed by atoms with van der Waals surface area (Å²) in [6.45, 7) is 11.8. The smallest absolute Gasteiger partial charge is 0.471 e. The normalized spacial score (nSPS) is 14.1. The Morgan fingerprint density at radius 3 is 1.96 bits per heavy atom. The molecule has 0 aliphatic heterocycles. The molecule has 1 unspecified atom stereocenters. The van der Waals surface area contributed by atoms with Crippen LogP contribution in [0.3, 0.4) is 0 Å². The average Bonchev–Trinajstić information content (AvgIpc) is 2.40. The molecule has 1 aromatic carbocycles. The van der Waals surface area contributed by atoms with Gasteiger partial charge >= 0.3 is 12.1 Å². The Labute approximate surface area is 149 Å². The second kappa shape index (κ2) is 7.92. The second-order valence-corrected chi connectivity index (χ2v) is 16.6. The van der Waals surface area contributed by atoms with E-state index in [1.165, 1.54) is 0 Å². The van der Waals surface area contributed by atoms with Gasteiger partial charge in [0.25, 0.3) is 0 Å². The maximum absolute atomic E-state index is 12.4. The molecule has 0 bridgehead atoms. The van der Waals surface area contributed by atoms with E-state index in [1.807, 2.05) is 25.0 Å². The minimum absolute atomic E-state index is 0.239. The van der Waals surface area contributed by atoms with E-state index < -0.39 is 34.8 Å². The fourth-order valence-corrected chi connectivity index (χ4v) is 3.96. The topological polar surface area (TPSA) is 47.6 Å². The summed E-state index contributed by atoms with van der Waals surface area (Å²) in [6, 6.07) is 7.08. The largest absolute Gasteiger partial charge is 0.544 e. The lowest BCUT2D eigenvalue weighted by Crippen LogP contribution is -2.41. The van der Waals surface area contributed by atoms with E-state index in [1.54, 1.807) is 24.3 Å². The maximum Gasteiger partial charge on any atom is 0.471 e. The first kappa shape index (κ1) is 21.7. The van der Waals surface area contributed by atoms with Gasteiger partial charge in [0.05, 0.1) is 6.10 Å². The van der Waals surface area contributed by atoms with Crippen molar-refractivity contribution < 1.29 is 26.8 Å². The lowest BCUT2D eigenvalue weighted by molar-refractivity contribution is -0.173. The number of nitrogens with one attached hydrogen (secondary N) is 1. The minimum Gasteiger partial charge on any atom is -0.544 e. The van der Waals surface area contributed by atoms with Crippen LogP contribution < -0.4 is 9.74 Å². The van der Waals surface area contributed by atoms with Crippen LogP contribution in [-0.4, -0.2) is 35.3 Å². The summed E-state index contributed by atoms with van der Waals surface area (Å²) < 4.78 is 49.0. The van der Waals surface area contributed by atoms with E-state index >= 15 is 0 Å². The Morgan fingerprint density at radius 2 is 1.56 bits per heavy atom. The number of carbonyl (C=O) groups is 1. The molecule has 0 heterocycles. The molecule has 25 heavy (non-hydrogen) atoms. The van der Waals surface area contributed by atoms with Crippen LogP contribution in [0.25, 0.3) is 0 Å². The Hall–Kier alpha value is -1.33. The van der Waals surface area contributed by atoms with E-state index in [9.17, 15) is 18.0 Å². The van der Waals surface area contributed by atoms with Gasteiger partial charge in [-0.05, 0) is 57.0 Å². The van der Waals surface area contributed by atoms with Gasteiger partial charge in [0.15, 0.2) is 8.32 Å². The summed E-state index contributed by atoms with van der Waals surface area (Å²) in [6.07, 6.45) is -5.54. The monoisotopic (exact) mass is 393 g/mol. The van der Waals surface area contributed by atoms with Crippen LogP contribution in [-0.2, 0) is 9.22 Å². The van der Waals surface area contributed by atoms with E-state index in [-0.39, 0.29) is 6.54 Å². The fourth-order valence-electron chi connectivity index (χ4n) is 2.04. The molecule has 0 aromatic heterocycles. The van der Waals surface area contributed by atoms with Crippen LogP contribution in [0.1, 0.15) is 11.7 Å². The number of carbonyl (C=O) groups excluding carboxylic acids is 1. The molecule has 1 N–H and O–H groups in total. The first-order chi connectivity index (χ1) is 11.2. The molecule has 0 saturated carbocycles. The van der Waals surface area contributed by atoms with Crippen molar-refractivity contribution in [3.05, 3.63) is 29.8 Å². The van der Waals surface area contributed by atoms with Gasteiger partial charge in [0.2, 0.25) is 8.32 Å². The Kier molecular flexibility index (Phi) is 6.88. The lowest BCUT2D eigenvalue weighted by Gasteiger charge is -2.27. The van der Waals surface area contributed by atoms with Gasteiger partial charge in [-0.1, -0.05) is 12.1 Å². The molecule has 9 heteroatoms. The van der Waals surface area contributed by atoms with Crippen molar-refractivity contribution in [2.75, 3.05) is 6.54 Å². The molecule has 1 aromatic rings. The zero-order chi connectivity index (χ0) is 19.5. The van der Waals surface area contributed by atoms with Gasteiger partial charge in [-0.15, -0.1) is 0 Å². The zero-order valence-corrected chi connectivity index (χ0v) is 17.5. The summed E-state index contributed by atoms with van der Waals surface area (Å²) in [7, 11) is -3.77. The highest BCUT2D eigenvalue weighted by atomic mass is 28.4. The Balaban J connectivity index is 2.90. The quantitative estimate of drug-likeness (QED) is 0.695. The van der Waals surface area contributed by atoms with Gasteiger partial charge in [0.1, 0.15) is 5.75 Å². The van der Waals surface area contributed by atoms with Crippen LogP contribution in [0.4, 0.5) is 13.2 Å². The van der Waals surface area contributed by atoms with E-state index in [0.717, 1.165) is 0 Å². The number of alkyl halides is 3. The van der Waals surface area contributed by atoms with E-state index in [0.29, 0.717) is 11.3 Å². The standard InChI is InChI=1S/C16H26F3NO3Si2/c1-24(2,3)22-13-9-7-12(8-10-13)14(23-25(4,5)6)11-20-15(21)16(17,18)19/h7-10,14H,11H2,1-6H3,(H,20,21). The minimum atomic E-state index is -4.90. The Bertz CT molecular complexity index is 578. The third-order valence-corrected chi connectivity index (χ3v) is 4.72. The van der Waals surface area contributed by atoms with Crippen LogP contribution in [0, 0.1) is 0 Å². The molecule has 1 atom stereocenters. The number of halogens is 3. The fraction of sp³-hybridized carbons (Fsp3) is 0.562. The number of hydrogen-bond donors (Lipinski definition) is 1. The van der Waals surface area contributed by atoms with Crippen molar-refractivity contribution in [3.63, 3.8) is 0 Å². The summed E-state index contributed by atoms with van der Waals surface area (Å²) in [4.78, 5) is 11.1. The van der Waals surface area contributed by atoms with Gasteiger partial charge in [-0.2, -0.15) is 13.2 Å². The zero-order valence-electron chi connectivity index (χ0n) is 15.5. The Morgan fingerprint density at radius 1 is 1.04 bits per heavy atom. The van der Waals surface area contributed by atoms with Gasteiger partial charge in [0, 0.05) is 6.54 Å². The molecule has 1 amide bonds. The van der Waals surface area contributed by atoms with Crippen LogP contribution in [0.5, 0.6) is 5.75 Å². The number of benzene rings is 1. The first-order valence-electron chi connectivity index (χ1n) is 7.99. The second-order valence-electron chi connectivity index (χ2n) is 7.71. The van der Waals surface area contributed by atoms with Crippen LogP contribution >= 0.6 is 0 Å². The molecular weight excluding hydrogens is 367 g/mol. The molecule has 1 rings (SSSR count). The van der Waals surface area contributed by atoms with E-state index in [2.05, 4.69) is 19.6 Å². The predicted molar refractivity (Wildman–Crippen MR) is 96.7 cm³/mol. The SMILES string of the molecule is C[Si](C)(C)Oc1ccc(C(CNC(=O)C(F)(F)F)O[Si](C)(C)C)cc1. The summed E-state index contributed by atoms with van der Waals surface area (Å²) in [5.74, 6) is -1.25. The summed E-state index contributed by atoms with van der Waals surface area (Å²) in [5, 5.41) is 1.91. The molecule has 4 nitrogen and oxygen atoms in total. The summed E-state index contributed by atoms with van der Waals surface area (Å²) in [5.41, 5.74) is 0.702. The van der Waals surface area contributed by atoms with E-state index in [4.69, 9.17) is 8.85 Å². The van der Waals surface area contributed by atoms with Crippen molar-refractivity contribution >= 4 is 22.5 Å². The molecule has 0 aliphatic rings. The lowest BCUT2D eigenvalue weighted by atomic mass is 10.1. The van der Waals surface area contributed by atoms with Crippen molar-refractivity contribution in [1.82, 2.24) is 5.32 Å². The van der Waals surface area contributed by atoms with Crippen molar-refractivity contribution in [3.8, 4) is 5.75 Å². The molecular formula is C16H26F3NO3Si2. The molecule has 0 spiro atoms. The van der Waals surface area contributed by atoms with Crippen molar-refractivity contribution in [2.24, 2.45) is 0 Å². The molecule has 142 valence electrons. The maximum atomic E-state index is 12.4. The number of amides is 1. The molecule has 0 fully saturated rings. The van der Waals surface area contributed by atoms with Crippen LogP contribution in [0.2, 0.25) is 39.3 Å². The number of hydrogen-bond acceptors (Lipinski definition) is 3. The molecule has 0 aliphatic carbocycles. The first-order valence-corrected chi connectivity index (χ1v) is 14.8. The third kappa shape index (κ3) is 8.55. The third-order valence-electron chi connectivity index (χ3n) is 2.88. The molecule has 0 saturated heterocycles. The highest BCUT2D eigenvalue weighted by Crippen LogP contribution is 2.25. The molecule has 0 radical (unpaired) electrons. The highest BCUT2D eigenvalue weighted by molar-refractivity contribution is 6.70. The van der Waals surface area contributed by atoms with Crippen LogP contribution in [0.15, 0.2) is 24.3 Å². The summed E-state index contributed by atoms with van der Waals surface area (Å²) >= 11 is 0. The average molecular weight is 394 g/mol. The highest BCUT2D eigenvalue weighted by Gasteiger charge is 2.39. The predicted octanol–water partition coefficient (Wildman–Crippen LogP) is 4.47. The van der Waals surface area contributed by atoms with Gasteiger partial charge in [-0.25, -0.2) is 0 Å².